The zero-order valence-corrected chi connectivity index (χ0v) is 9.70. The number of guanidine groups is 1. The molecule has 82 valence electrons. The minimum atomic E-state index is 0.595. The van der Waals surface area contributed by atoms with Gasteiger partial charge in [-0.1, -0.05) is 29.8 Å². The molecule has 3 heteroatoms. The molecule has 0 aromatic heterocycles. The van der Waals surface area contributed by atoms with E-state index >= 15 is 0 Å². The van der Waals surface area contributed by atoms with Crippen molar-refractivity contribution in [2.24, 2.45) is 10.7 Å². The first-order valence-electron chi connectivity index (χ1n) is 5.20. The summed E-state index contributed by atoms with van der Waals surface area (Å²) in [7, 11) is 1.95. The molecule has 3 nitrogen and oxygen atoms in total. The van der Waals surface area contributed by atoms with Crippen molar-refractivity contribution in [1.29, 1.82) is 0 Å². The summed E-state index contributed by atoms with van der Waals surface area (Å²) in [5.41, 5.74) is 8.30. The maximum atomic E-state index is 5.78. The smallest absolute Gasteiger partial charge is 0.191 e. The average molecular weight is 205 g/mol. The number of aryl methyl sites for hydroxylation is 1. The molecule has 0 aliphatic rings. The Labute approximate surface area is 91.6 Å². The minimum absolute atomic E-state index is 0.595. The maximum absolute atomic E-state index is 5.78. The van der Waals surface area contributed by atoms with Crippen molar-refractivity contribution in [3.05, 3.63) is 35.4 Å². The maximum Gasteiger partial charge on any atom is 0.191 e. The van der Waals surface area contributed by atoms with Crippen molar-refractivity contribution < 1.29 is 0 Å². The number of nitrogens with zero attached hydrogens (tertiary/aromatic N) is 2. The lowest BCUT2D eigenvalue weighted by atomic mass is 10.1. The molecule has 0 aliphatic heterocycles. The fraction of sp³-hybridized carbons (Fsp3) is 0.417. The van der Waals surface area contributed by atoms with Crippen LogP contribution < -0.4 is 5.73 Å². The summed E-state index contributed by atoms with van der Waals surface area (Å²) in [6.45, 7) is 5.59. The Morgan fingerprint density at radius 3 is 2.47 bits per heavy atom. The summed E-state index contributed by atoms with van der Waals surface area (Å²) < 4.78 is 0. The molecule has 0 spiro atoms. The summed E-state index contributed by atoms with van der Waals surface area (Å²) in [6, 6.07) is 8.45. The SMILES string of the molecule is CCN=C(N)N(C)Cc1ccc(C)cc1. The Hall–Kier alpha value is -1.51. The zero-order chi connectivity index (χ0) is 11.3. The number of hydrogen-bond donors (Lipinski definition) is 1. The van der Waals surface area contributed by atoms with Crippen LogP contribution in [0.15, 0.2) is 29.3 Å². The van der Waals surface area contributed by atoms with Gasteiger partial charge < -0.3 is 10.6 Å². The van der Waals surface area contributed by atoms with Gasteiger partial charge in [-0.15, -0.1) is 0 Å². The quantitative estimate of drug-likeness (QED) is 0.603. The van der Waals surface area contributed by atoms with Crippen LogP contribution in [0, 0.1) is 6.92 Å². The molecular weight excluding hydrogens is 186 g/mol. The van der Waals surface area contributed by atoms with Crippen molar-refractivity contribution in [2.75, 3.05) is 13.6 Å². The number of rotatable bonds is 3. The number of benzene rings is 1. The van der Waals surface area contributed by atoms with Gasteiger partial charge >= 0.3 is 0 Å². The molecular formula is C12H19N3. The highest BCUT2D eigenvalue weighted by Gasteiger charge is 2.01. The molecule has 0 heterocycles. The van der Waals surface area contributed by atoms with E-state index in [0.29, 0.717) is 5.96 Å². The second-order valence-corrected chi connectivity index (χ2v) is 3.67. The van der Waals surface area contributed by atoms with Crippen LogP contribution in [-0.2, 0) is 6.54 Å². The molecule has 0 saturated heterocycles. The predicted molar refractivity (Wildman–Crippen MR) is 64.8 cm³/mol. The Morgan fingerprint density at radius 1 is 1.33 bits per heavy atom. The summed E-state index contributed by atoms with van der Waals surface area (Å²) >= 11 is 0. The van der Waals surface area contributed by atoms with Crippen LogP contribution in [0.3, 0.4) is 0 Å². The van der Waals surface area contributed by atoms with E-state index in [4.69, 9.17) is 5.73 Å². The first-order valence-corrected chi connectivity index (χ1v) is 5.20. The van der Waals surface area contributed by atoms with E-state index in [1.165, 1.54) is 11.1 Å². The van der Waals surface area contributed by atoms with E-state index < -0.39 is 0 Å². The molecule has 1 aromatic rings. The van der Waals surface area contributed by atoms with Gasteiger partial charge in [-0.3, -0.25) is 4.99 Å². The third kappa shape index (κ3) is 3.62. The highest BCUT2D eigenvalue weighted by Crippen LogP contribution is 2.05. The lowest BCUT2D eigenvalue weighted by Crippen LogP contribution is -2.33. The third-order valence-corrected chi connectivity index (χ3v) is 2.25. The molecule has 15 heavy (non-hydrogen) atoms. The van der Waals surface area contributed by atoms with E-state index in [0.717, 1.165) is 13.1 Å². The lowest BCUT2D eigenvalue weighted by molar-refractivity contribution is 0.492. The van der Waals surface area contributed by atoms with Gasteiger partial charge in [0.05, 0.1) is 0 Å². The van der Waals surface area contributed by atoms with Crippen molar-refractivity contribution >= 4 is 5.96 Å². The van der Waals surface area contributed by atoms with Gasteiger partial charge in [-0.05, 0) is 19.4 Å². The van der Waals surface area contributed by atoms with E-state index in [1.807, 2.05) is 18.9 Å². The summed E-state index contributed by atoms with van der Waals surface area (Å²) in [6.07, 6.45) is 0. The van der Waals surface area contributed by atoms with Crippen LogP contribution in [0.2, 0.25) is 0 Å². The Balaban J connectivity index is 2.62. The molecule has 0 saturated carbocycles. The second-order valence-electron chi connectivity index (χ2n) is 3.67. The Kier molecular flexibility index (Phi) is 4.16. The third-order valence-electron chi connectivity index (χ3n) is 2.25. The number of hydrogen-bond acceptors (Lipinski definition) is 1. The molecule has 0 atom stereocenters. The number of nitrogens with two attached hydrogens (primary N) is 1. The minimum Gasteiger partial charge on any atom is -0.370 e. The average Bonchev–Trinajstić information content (AvgIpc) is 2.22. The molecule has 1 rings (SSSR count). The predicted octanol–water partition coefficient (Wildman–Crippen LogP) is 1.76. The van der Waals surface area contributed by atoms with Crippen LogP contribution >= 0.6 is 0 Å². The highest BCUT2D eigenvalue weighted by molar-refractivity contribution is 5.77. The fourth-order valence-electron chi connectivity index (χ4n) is 1.33. The molecule has 0 fully saturated rings. The summed E-state index contributed by atoms with van der Waals surface area (Å²) in [4.78, 5) is 6.11. The van der Waals surface area contributed by atoms with E-state index in [2.05, 4.69) is 36.2 Å². The van der Waals surface area contributed by atoms with Crippen molar-refractivity contribution in [3.63, 3.8) is 0 Å². The van der Waals surface area contributed by atoms with Crippen LogP contribution in [-0.4, -0.2) is 24.5 Å². The normalized spacial score (nSPS) is 11.5. The van der Waals surface area contributed by atoms with E-state index in [-0.39, 0.29) is 0 Å². The van der Waals surface area contributed by atoms with Gasteiger partial charge in [-0.2, -0.15) is 0 Å². The first-order chi connectivity index (χ1) is 7.13. The fourth-order valence-corrected chi connectivity index (χ4v) is 1.33. The molecule has 2 N–H and O–H groups in total. The molecule has 0 amide bonds. The van der Waals surface area contributed by atoms with Crippen molar-refractivity contribution in [2.45, 2.75) is 20.4 Å². The van der Waals surface area contributed by atoms with Gasteiger partial charge in [0, 0.05) is 20.1 Å². The van der Waals surface area contributed by atoms with Gasteiger partial charge in [0.15, 0.2) is 5.96 Å². The van der Waals surface area contributed by atoms with Crippen molar-refractivity contribution in [1.82, 2.24) is 4.90 Å². The lowest BCUT2D eigenvalue weighted by Gasteiger charge is -2.17. The summed E-state index contributed by atoms with van der Waals surface area (Å²) in [5, 5.41) is 0. The standard InChI is InChI=1S/C12H19N3/c1-4-14-12(13)15(3)9-11-7-5-10(2)6-8-11/h5-8H,4,9H2,1-3H3,(H2,13,14). The topological polar surface area (TPSA) is 41.6 Å². The Bertz CT molecular complexity index is 327. The largest absolute Gasteiger partial charge is 0.370 e. The monoisotopic (exact) mass is 205 g/mol. The van der Waals surface area contributed by atoms with Crippen LogP contribution in [0.1, 0.15) is 18.1 Å². The summed E-state index contributed by atoms with van der Waals surface area (Å²) in [5.74, 6) is 0.595. The molecule has 0 unspecified atom stereocenters. The molecule has 1 aromatic carbocycles. The molecule has 0 bridgehead atoms. The van der Waals surface area contributed by atoms with E-state index in [9.17, 15) is 0 Å². The molecule has 0 aliphatic carbocycles. The van der Waals surface area contributed by atoms with Crippen LogP contribution in [0.5, 0.6) is 0 Å². The van der Waals surface area contributed by atoms with Crippen LogP contribution in [0.25, 0.3) is 0 Å². The van der Waals surface area contributed by atoms with Gasteiger partial charge in [0.1, 0.15) is 0 Å². The van der Waals surface area contributed by atoms with Gasteiger partial charge in [0.25, 0.3) is 0 Å². The van der Waals surface area contributed by atoms with Crippen molar-refractivity contribution in [3.8, 4) is 0 Å². The number of aliphatic imine (C=N–C) groups is 1. The highest BCUT2D eigenvalue weighted by atomic mass is 15.2. The van der Waals surface area contributed by atoms with Gasteiger partial charge in [0.2, 0.25) is 0 Å². The Morgan fingerprint density at radius 2 is 1.93 bits per heavy atom. The zero-order valence-electron chi connectivity index (χ0n) is 9.70. The van der Waals surface area contributed by atoms with E-state index in [1.54, 1.807) is 0 Å². The molecule has 0 radical (unpaired) electrons. The van der Waals surface area contributed by atoms with Crippen LogP contribution in [0.4, 0.5) is 0 Å². The van der Waals surface area contributed by atoms with Gasteiger partial charge in [-0.25, -0.2) is 0 Å². The second kappa shape index (κ2) is 5.39. The first kappa shape index (κ1) is 11.6.